The van der Waals surface area contributed by atoms with Gasteiger partial charge in [0.15, 0.2) is 0 Å². The van der Waals surface area contributed by atoms with Crippen LogP contribution in [-0.4, -0.2) is 44.3 Å². The van der Waals surface area contributed by atoms with Gasteiger partial charge in [0, 0.05) is 50.7 Å². The minimum absolute atomic E-state index is 0.539. The second-order valence-electron chi connectivity index (χ2n) is 14.9. The van der Waals surface area contributed by atoms with Crippen molar-refractivity contribution < 1.29 is 0 Å². The van der Waals surface area contributed by atoms with Crippen LogP contribution in [-0.2, 0) is 0 Å². The fourth-order valence-electron chi connectivity index (χ4n) is 8.46. The SMILES string of the molecule is CC(C)[Si](/C(C#Cc1ccc(N(C)C)cc1)=C(\C#Cc1ccc(N(C)C)cc1)[Si](C(C)C)(C(C)C)C(C)C)(C(C)C)C(C)C. The Morgan fingerprint density at radius 3 is 0.841 bits per heavy atom. The van der Waals surface area contributed by atoms with Crippen LogP contribution in [0.5, 0.6) is 0 Å². The van der Waals surface area contributed by atoms with Crippen molar-refractivity contribution in [2.75, 3.05) is 38.0 Å². The van der Waals surface area contributed by atoms with Crippen LogP contribution in [0.3, 0.4) is 0 Å². The van der Waals surface area contributed by atoms with Crippen molar-refractivity contribution in [2.24, 2.45) is 0 Å². The Kier molecular flexibility index (Phi) is 13.3. The Hall–Kier alpha value is -2.67. The van der Waals surface area contributed by atoms with E-state index in [1.54, 1.807) is 0 Å². The maximum Gasteiger partial charge on any atom is 0.106 e. The van der Waals surface area contributed by atoms with Gasteiger partial charge >= 0.3 is 0 Å². The van der Waals surface area contributed by atoms with Gasteiger partial charge in [-0.05, 0) is 92.2 Å². The molecule has 0 heterocycles. The van der Waals surface area contributed by atoms with Crippen molar-refractivity contribution >= 4 is 27.5 Å². The Bertz CT molecular complexity index is 1220. The van der Waals surface area contributed by atoms with Gasteiger partial charge in [-0.1, -0.05) is 107 Å². The van der Waals surface area contributed by atoms with Crippen LogP contribution in [0.1, 0.15) is 94.2 Å². The van der Waals surface area contributed by atoms with Crippen LogP contribution < -0.4 is 9.80 Å². The molecule has 0 radical (unpaired) electrons. The Morgan fingerprint density at radius 1 is 0.432 bits per heavy atom. The molecule has 4 heteroatoms. The predicted molar refractivity (Wildman–Crippen MR) is 204 cm³/mol. The molecule has 0 aliphatic heterocycles. The fraction of sp³-hybridized carbons (Fsp3) is 0.550. The minimum atomic E-state index is -2.19. The lowest BCUT2D eigenvalue weighted by molar-refractivity contribution is 0.817. The van der Waals surface area contributed by atoms with Crippen molar-refractivity contribution in [2.45, 2.75) is 116 Å². The molecular weight excluding hydrogens is 565 g/mol. The summed E-state index contributed by atoms with van der Waals surface area (Å²) in [4.78, 5) is 4.28. The molecule has 0 aliphatic carbocycles. The Morgan fingerprint density at radius 2 is 0.659 bits per heavy atom. The predicted octanol–water partition coefficient (Wildman–Crippen LogP) is 11.0. The zero-order valence-electron chi connectivity index (χ0n) is 31.0. The normalized spacial score (nSPS) is 12.9. The maximum absolute atomic E-state index is 4.00. The van der Waals surface area contributed by atoms with Gasteiger partial charge in [-0.2, -0.15) is 0 Å². The van der Waals surface area contributed by atoms with Gasteiger partial charge in [-0.3, -0.25) is 0 Å². The molecule has 2 rings (SSSR count). The highest BCUT2D eigenvalue weighted by Crippen LogP contribution is 2.53. The number of nitrogens with zero attached hydrogens (tertiary/aromatic N) is 2. The molecule has 240 valence electrons. The van der Waals surface area contributed by atoms with E-state index in [0.29, 0.717) is 33.2 Å². The molecule has 0 N–H and O–H groups in total. The highest BCUT2D eigenvalue weighted by atomic mass is 28.3. The fourth-order valence-corrected chi connectivity index (χ4v) is 22.8. The van der Waals surface area contributed by atoms with Crippen molar-refractivity contribution in [3.63, 3.8) is 0 Å². The van der Waals surface area contributed by atoms with Gasteiger partial charge in [-0.25, -0.2) is 0 Å². The summed E-state index contributed by atoms with van der Waals surface area (Å²) in [6, 6.07) is 17.4. The number of allylic oxidation sites excluding steroid dienone is 2. The molecule has 0 atom stereocenters. The number of benzene rings is 2. The second kappa shape index (κ2) is 15.6. The van der Waals surface area contributed by atoms with E-state index in [9.17, 15) is 0 Å². The average molecular weight is 627 g/mol. The highest BCUT2D eigenvalue weighted by molar-refractivity contribution is 6.97. The van der Waals surface area contributed by atoms with Crippen LogP contribution in [0.25, 0.3) is 0 Å². The third-order valence-corrected chi connectivity index (χ3v) is 24.5. The first-order valence-electron chi connectivity index (χ1n) is 16.8. The minimum Gasteiger partial charge on any atom is -0.378 e. The molecule has 44 heavy (non-hydrogen) atoms. The zero-order valence-corrected chi connectivity index (χ0v) is 33.0. The van der Waals surface area contributed by atoms with E-state index in [-0.39, 0.29) is 0 Å². The lowest BCUT2D eigenvalue weighted by Crippen LogP contribution is -2.53. The molecule has 0 saturated carbocycles. The molecule has 0 saturated heterocycles. The van der Waals surface area contributed by atoms with Gasteiger partial charge in [0.2, 0.25) is 0 Å². The van der Waals surface area contributed by atoms with E-state index >= 15 is 0 Å². The summed E-state index contributed by atoms with van der Waals surface area (Å²) in [5.41, 5.74) is 7.77. The molecule has 2 nitrogen and oxygen atoms in total. The zero-order chi connectivity index (χ0) is 33.6. The molecular formula is C40H62N2Si2. The van der Waals surface area contributed by atoms with Crippen LogP contribution >= 0.6 is 0 Å². The van der Waals surface area contributed by atoms with E-state index < -0.39 is 16.1 Å². The summed E-state index contributed by atoms with van der Waals surface area (Å²) >= 11 is 0. The Labute approximate surface area is 274 Å². The van der Waals surface area contributed by atoms with Crippen LogP contribution in [0.15, 0.2) is 58.9 Å². The molecule has 0 aliphatic rings. The molecule has 0 unspecified atom stereocenters. The van der Waals surface area contributed by atoms with Crippen molar-refractivity contribution in [1.29, 1.82) is 0 Å². The molecule has 2 aromatic rings. The number of anilines is 2. The summed E-state index contributed by atoms with van der Waals surface area (Å²) in [5, 5.41) is 2.88. The van der Waals surface area contributed by atoms with E-state index in [1.807, 2.05) is 0 Å². The summed E-state index contributed by atoms with van der Waals surface area (Å²) in [6.45, 7) is 29.6. The summed E-state index contributed by atoms with van der Waals surface area (Å²) < 4.78 is 0. The van der Waals surface area contributed by atoms with E-state index in [0.717, 1.165) is 11.1 Å². The van der Waals surface area contributed by atoms with E-state index in [2.05, 4.69) is 193 Å². The average Bonchev–Trinajstić information content (AvgIpc) is 2.92. The quantitative estimate of drug-likeness (QED) is 0.191. The number of hydrogen-bond acceptors (Lipinski definition) is 2. The largest absolute Gasteiger partial charge is 0.378 e. The summed E-state index contributed by atoms with van der Waals surface area (Å²) in [5.74, 6) is 15.5. The standard InChI is InChI=1S/C40H62N2Si2/c1-29(2)43(30(3)4,31(5)6)39(27-21-35-17-23-37(24-18-35)41(13)14)40(44(32(7)8,33(9)10)34(11)12)28-22-36-19-25-38(26-20-36)42(15)16/h17-20,23-26,29-34H,1-16H3/b40-39+. The molecule has 0 fully saturated rings. The van der Waals surface area contributed by atoms with Gasteiger partial charge in [-0.15, -0.1) is 0 Å². The lowest BCUT2D eigenvalue weighted by Gasteiger charge is -2.49. The van der Waals surface area contributed by atoms with Gasteiger partial charge in [0.05, 0.1) is 0 Å². The van der Waals surface area contributed by atoms with Crippen LogP contribution in [0.2, 0.25) is 33.2 Å². The van der Waals surface area contributed by atoms with Crippen LogP contribution in [0, 0.1) is 23.7 Å². The third-order valence-electron chi connectivity index (χ3n) is 10.3. The van der Waals surface area contributed by atoms with Crippen LogP contribution in [0.4, 0.5) is 11.4 Å². The third kappa shape index (κ3) is 7.58. The second-order valence-corrected chi connectivity index (χ2v) is 26.6. The van der Waals surface area contributed by atoms with Gasteiger partial charge in [0.25, 0.3) is 0 Å². The van der Waals surface area contributed by atoms with Crippen molar-refractivity contribution in [1.82, 2.24) is 0 Å². The number of hydrogen-bond donors (Lipinski definition) is 0. The summed E-state index contributed by atoms with van der Waals surface area (Å²) in [7, 11) is 3.96. The van der Waals surface area contributed by atoms with E-state index in [4.69, 9.17) is 0 Å². The van der Waals surface area contributed by atoms with Crippen molar-refractivity contribution in [3.8, 4) is 23.7 Å². The summed E-state index contributed by atoms with van der Waals surface area (Å²) in [6.07, 6.45) is 0. The highest BCUT2D eigenvalue weighted by Gasteiger charge is 2.53. The van der Waals surface area contributed by atoms with E-state index in [1.165, 1.54) is 21.8 Å². The lowest BCUT2D eigenvalue weighted by atomic mass is 10.2. The molecule has 0 aromatic heterocycles. The molecule has 0 bridgehead atoms. The number of rotatable bonds is 10. The first-order valence-corrected chi connectivity index (χ1v) is 21.3. The molecule has 2 aromatic carbocycles. The first-order chi connectivity index (χ1) is 20.4. The monoisotopic (exact) mass is 626 g/mol. The smallest absolute Gasteiger partial charge is 0.106 e. The van der Waals surface area contributed by atoms with Gasteiger partial charge < -0.3 is 9.80 Å². The Balaban J connectivity index is 3.22. The first kappa shape index (κ1) is 37.5. The van der Waals surface area contributed by atoms with Crippen molar-refractivity contribution in [3.05, 3.63) is 70.1 Å². The topological polar surface area (TPSA) is 6.48 Å². The molecule has 0 spiro atoms. The van der Waals surface area contributed by atoms with Gasteiger partial charge in [0.1, 0.15) is 16.1 Å². The molecule has 0 amide bonds. The maximum atomic E-state index is 4.00.